The van der Waals surface area contributed by atoms with Gasteiger partial charge in [0.2, 0.25) is 0 Å². The van der Waals surface area contributed by atoms with E-state index in [4.69, 9.17) is 4.74 Å². The van der Waals surface area contributed by atoms with Crippen LogP contribution in [0.4, 0.5) is 4.39 Å². The Kier molecular flexibility index (Phi) is 4.22. The van der Waals surface area contributed by atoms with Crippen molar-refractivity contribution in [2.75, 3.05) is 7.11 Å². The fourth-order valence-corrected chi connectivity index (χ4v) is 2.65. The summed E-state index contributed by atoms with van der Waals surface area (Å²) in [7, 11) is 1.59. The molecule has 2 rings (SSSR count). The smallest absolute Gasteiger partial charge is 0.161 e. The van der Waals surface area contributed by atoms with Gasteiger partial charge in [-0.1, -0.05) is 23.9 Å². The highest BCUT2D eigenvalue weighted by Gasteiger charge is 2.13. The number of methoxy groups -OCH3 is 1. The van der Waals surface area contributed by atoms with Crippen molar-refractivity contribution >= 4 is 17.5 Å². The van der Waals surface area contributed by atoms with Crippen LogP contribution in [0.15, 0.2) is 52.3 Å². The summed E-state index contributed by atoms with van der Waals surface area (Å²) in [5.41, 5.74) is 0.404. The number of hydrogen-bond acceptors (Lipinski definition) is 3. The first kappa shape index (κ1) is 13.6. The van der Waals surface area contributed by atoms with Gasteiger partial charge in [-0.3, -0.25) is 4.79 Å². The third kappa shape index (κ3) is 3.15. The van der Waals surface area contributed by atoms with Crippen LogP contribution >= 0.6 is 11.8 Å². The second-order valence-corrected chi connectivity index (χ2v) is 5.03. The van der Waals surface area contributed by atoms with Crippen LogP contribution < -0.4 is 4.74 Å². The minimum absolute atomic E-state index is 0.143. The van der Waals surface area contributed by atoms with Gasteiger partial charge < -0.3 is 4.74 Å². The fraction of sp³-hybridized carbons (Fsp3) is 0.133. The van der Waals surface area contributed by atoms with Gasteiger partial charge in [0.15, 0.2) is 5.78 Å². The first-order valence-corrected chi connectivity index (χ1v) is 6.55. The predicted octanol–water partition coefficient (Wildman–Crippen LogP) is 4.19. The summed E-state index contributed by atoms with van der Waals surface area (Å²) in [4.78, 5) is 12.7. The molecule has 0 radical (unpaired) electrons. The van der Waals surface area contributed by atoms with Crippen molar-refractivity contribution in [1.82, 2.24) is 0 Å². The second-order valence-electron chi connectivity index (χ2n) is 3.95. The third-order valence-electron chi connectivity index (χ3n) is 2.63. The molecule has 0 spiro atoms. The number of ketones is 1. The van der Waals surface area contributed by atoms with Crippen LogP contribution in [-0.4, -0.2) is 12.9 Å². The van der Waals surface area contributed by atoms with Crippen LogP contribution in [0.25, 0.3) is 0 Å². The lowest BCUT2D eigenvalue weighted by Crippen LogP contribution is -1.97. The van der Waals surface area contributed by atoms with Gasteiger partial charge in [-0.25, -0.2) is 4.39 Å². The number of ether oxygens (including phenoxy) is 1. The van der Waals surface area contributed by atoms with Crippen molar-refractivity contribution in [1.29, 1.82) is 0 Å². The van der Waals surface area contributed by atoms with Crippen molar-refractivity contribution in [3.8, 4) is 5.75 Å². The topological polar surface area (TPSA) is 26.3 Å². The van der Waals surface area contributed by atoms with Crippen molar-refractivity contribution in [3.63, 3.8) is 0 Å². The van der Waals surface area contributed by atoms with E-state index in [-0.39, 0.29) is 11.6 Å². The van der Waals surface area contributed by atoms with Crippen molar-refractivity contribution < 1.29 is 13.9 Å². The molecule has 19 heavy (non-hydrogen) atoms. The van der Waals surface area contributed by atoms with E-state index < -0.39 is 0 Å². The molecule has 0 N–H and O–H groups in total. The average Bonchev–Trinajstić information content (AvgIpc) is 2.41. The van der Waals surface area contributed by atoms with Gasteiger partial charge >= 0.3 is 0 Å². The van der Waals surface area contributed by atoms with Crippen LogP contribution in [-0.2, 0) is 0 Å². The van der Waals surface area contributed by atoms with E-state index in [1.807, 2.05) is 12.1 Å². The van der Waals surface area contributed by atoms with Crippen LogP contribution in [0.2, 0.25) is 0 Å². The number of Topliss-reactive ketones (excluding diaryl/α,β-unsaturated/α-hetero) is 1. The van der Waals surface area contributed by atoms with Crippen LogP contribution in [0.5, 0.6) is 5.75 Å². The van der Waals surface area contributed by atoms with Gasteiger partial charge in [0.1, 0.15) is 11.6 Å². The van der Waals surface area contributed by atoms with Gasteiger partial charge in [0.05, 0.1) is 12.0 Å². The van der Waals surface area contributed by atoms with Gasteiger partial charge in [0, 0.05) is 10.5 Å². The summed E-state index contributed by atoms with van der Waals surface area (Å²) in [5, 5.41) is 0. The molecule has 98 valence electrons. The molecule has 2 nitrogen and oxygen atoms in total. The van der Waals surface area contributed by atoms with Crippen LogP contribution in [0.3, 0.4) is 0 Å². The summed E-state index contributed by atoms with van der Waals surface area (Å²) in [5.74, 6) is 0.216. The maximum absolute atomic E-state index is 13.8. The van der Waals surface area contributed by atoms with E-state index in [2.05, 4.69) is 0 Å². The monoisotopic (exact) mass is 276 g/mol. The number of carbonyl (C=O) groups is 1. The lowest BCUT2D eigenvalue weighted by molar-refractivity contribution is 0.101. The number of hydrogen-bond donors (Lipinski definition) is 0. The largest absolute Gasteiger partial charge is 0.497 e. The number of benzene rings is 2. The molecular formula is C15H13FO2S. The van der Waals surface area contributed by atoms with Crippen LogP contribution in [0.1, 0.15) is 17.3 Å². The molecule has 0 saturated carbocycles. The third-order valence-corrected chi connectivity index (χ3v) is 3.75. The number of halogens is 1. The Hall–Kier alpha value is -1.81. The van der Waals surface area contributed by atoms with Gasteiger partial charge in [-0.15, -0.1) is 0 Å². The zero-order valence-corrected chi connectivity index (χ0v) is 11.5. The van der Waals surface area contributed by atoms with Gasteiger partial charge in [-0.2, -0.15) is 0 Å². The van der Waals surface area contributed by atoms with E-state index in [9.17, 15) is 9.18 Å². The summed E-state index contributed by atoms with van der Waals surface area (Å²) >= 11 is 1.24. The van der Waals surface area contributed by atoms with Gasteiger partial charge in [0.25, 0.3) is 0 Å². The summed E-state index contributed by atoms with van der Waals surface area (Å²) in [6.07, 6.45) is 0. The highest BCUT2D eigenvalue weighted by molar-refractivity contribution is 7.99. The fourth-order valence-electron chi connectivity index (χ4n) is 1.65. The quantitative estimate of drug-likeness (QED) is 0.783. The number of rotatable bonds is 4. The van der Waals surface area contributed by atoms with Crippen LogP contribution in [0, 0.1) is 5.82 Å². The lowest BCUT2D eigenvalue weighted by Gasteiger charge is -2.08. The minimum Gasteiger partial charge on any atom is -0.497 e. The predicted molar refractivity (Wildman–Crippen MR) is 73.5 cm³/mol. The Labute approximate surface area is 115 Å². The second kappa shape index (κ2) is 5.89. The molecule has 2 aromatic carbocycles. The SMILES string of the molecule is COc1ccc(Sc2c(F)cccc2C(C)=O)cc1. The Balaban J connectivity index is 2.34. The molecule has 2 aromatic rings. The van der Waals surface area contributed by atoms with E-state index in [1.165, 1.54) is 24.8 Å². The molecule has 0 aromatic heterocycles. The zero-order valence-electron chi connectivity index (χ0n) is 10.6. The Bertz CT molecular complexity index is 594. The standard InChI is InChI=1S/C15H13FO2S/c1-10(17)13-4-3-5-14(16)15(13)19-12-8-6-11(18-2)7-9-12/h3-9H,1-2H3. The first-order valence-electron chi connectivity index (χ1n) is 5.73. The summed E-state index contributed by atoms with van der Waals surface area (Å²) in [6, 6.07) is 11.8. The average molecular weight is 276 g/mol. The maximum atomic E-state index is 13.8. The highest BCUT2D eigenvalue weighted by Crippen LogP contribution is 2.33. The van der Waals surface area contributed by atoms with E-state index in [0.29, 0.717) is 10.5 Å². The van der Waals surface area contributed by atoms with Crippen molar-refractivity contribution in [2.24, 2.45) is 0 Å². The molecule has 0 amide bonds. The first-order chi connectivity index (χ1) is 9.11. The molecule has 0 fully saturated rings. The number of carbonyl (C=O) groups excluding carboxylic acids is 1. The van der Waals surface area contributed by atoms with E-state index >= 15 is 0 Å². The molecule has 0 aliphatic rings. The summed E-state index contributed by atoms with van der Waals surface area (Å²) < 4.78 is 18.9. The molecule has 0 heterocycles. The Morgan fingerprint density at radius 3 is 2.42 bits per heavy atom. The Morgan fingerprint density at radius 2 is 1.84 bits per heavy atom. The van der Waals surface area contributed by atoms with Crippen molar-refractivity contribution in [2.45, 2.75) is 16.7 Å². The Morgan fingerprint density at radius 1 is 1.16 bits per heavy atom. The minimum atomic E-state index is -0.381. The molecule has 0 unspecified atom stereocenters. The van der Waals surface area contributed by atoms with E-state index in [1.54, 1.807) is 31.4 Å². The molecule has 0 atom stereocenters. The molecular weight excluding hydrogens is 263 g/mol. The normalized spacial score (nSPS) is 10.3. The molecule has 4 heteroatoms. The van der Waals surface area contributed by atoms with Gasteiger partial charge in [-0.05, 0) is 37.3 Å². The highest BCUT2D eigenvalue weighted by atomic mass is 32.2. The maximum Gasteiger partial charge on any atom is 0.161 e. The molecule has 0 aliphatic carbocycles. The summed E-state index contributed by atoms with van der Waals surface area (Å²) in [6.45, 7) is 1.44. The molecule has 0 aliphatic heterocycles. The van der Waals surface area contributed by atoms with Crippen molar-refractivity contribution in [3.05, 3.63) is 53.8 Å². The molecule has 0 saturated heterocycles. The molecule has 0 bridgehead atoms. The zero-order chi connectivity index (χ0) is 13.8. The van der Waals surface area contributed by atoms with E-state index in [0.717, 1.165) is 10.6 Å². The lowest BCUT2D eigenvalue weighted by atomic mass is 10.1.